The van der Waals surface area contributed by atoms with Crippen LogP contribution in [0.25, 0.3) is 5.57 Å². The van der Waals surface area contributed by atoms with Crippen molar-refractivity contribution in [1.29, 1.82) is 0 Å². The number of hydrogen-bond acceptors (Lipinski definition) is 3. The molecular weight excluding hydrogens is 277 g/mol. The van der Waals surface area contributed by atoms with Gasteiger partial charge in [-0.1, -0.05) is 0 Å². The second-order valence-corrected chi connectivity index (χ2v) is 5.76. The van der Waals surface area contributed by atoms with E-state index in [0.717, 1.165) is 16.0 Å². The first-order chi connectivity index (χ1) is 8.94. The van der Waals surface area contributed by atoms with Crippen molar-refractivity contribution in [2.75, 3.05) is 6.61 Å². The minimum absolute atomic E-state index is 0.00725. The highest BCUT2D eigenvalue weighted by molar-refractivity contribution is 7.10. The summed E-state index contributed by atoms with van der Waals surface area (Å²) < 4.78 is 41.8. The Kier molecular flexibility index (Phi) is 3.02. The highest BCUT2D eigenvalue weighted by atomic mass is 32.1. The van der Waals surface area contributed by atoms with E-state index >= 15 is 0 Å². The van der Waals surface area contributed by atoms with Gasteiger partial charge < -0.3 is 4.74 Å². The van der Waals surface area contributed by atoms with Gasteiger partial charge in [0.1, 0.15) is 6.61 Å². The molecule has 0 N–H and O–H groups in total. The van der Waals surface area contributed by atoms with Crippen LogP contribution in [0.3, 0.4) is 0 Å². The van der Waals surface area contributed by atoms with Gasteiger partial charge in [0.25, 0.3) is 0 Å². The lowest BCUT2D eigenvalue weighted by Gasteiger charge is -2.29. The molecule has 0 saturated heterocycles. The number of allylic oxidation sites excluding steroid dienone is 2. The number of ketones is 1. The van der Waals surface area contributed by atoms with E-state index in [2.05, 4.69) is 0 Å². The number of hydrogen-bond donors (Lipinski definition) is 0. The molecule has 0 amide bonds. The fourth-order valence-electron chi connectivity index (χ4n) is 2.72. The van der Waals surface area contributed by atoms with Gasteiger partial charge in [-0.25, -0.2) is 0 Å². The van der Waals surface area contributed by atoms with Crippen LogP contribution in [0.15, 0.2) is 17.5 Å². The van der Waals surface area contributed by atoms with Crippen molar-refractivity contribution in [2.24, 2.45) is 5.92 Å². The molecule has 0 bridgehead atoms. The topological polar surface area (TPSA) is 26.3 Å². The number of ether oxygens (including phenoxy) is 1. The lowest BCUT2D eigenvalue weighted by Crippen LogP contribution is -2.23. The number of rotatable bonds is 2. The van der Waals surface area contributed by atoms with Gasteiger partial charge in [0.15, 0.2) is 5.78 Å². The van der Waals surface area contributed by atoms with Crippen molar-refractivity contribution in [1.82, 2.24) is 0 Å². The molecule has 1 aromatic rings. The first-order valence-corrected chi connectivity index (χ1v) is 6.82. The van der Waals surface area contributed by atoms with E-state index in [4.69, 9.17) is 4.74 Å². The van der Waals surface area contributed by atoms with Crippen LogP contribution in [-0.2, 0) is 9.53 Å². The van der Waals surface area contributed by atoms with Gasteiger partial charge in [-0.15, -0.1) is 11.3 Å². The highest BCUT2D eigenvalue weighted by Crippen LogP contribution is 2.49. The van der Waals surface area contributed by atoms with Crippen LogP contribution < -0.4 is 0 Å². The van der Waals surface area contributed by atoms with Crippen LogP contribution in [0.1, 0.15) is 29.4 Å². The van der Waals surface area contributed by atoms with Crippen LogP contribution >= 0.6 is 11.3 Å². The van der Waals surface area contributed by atoms with Crippen molar-refractivity contribution in [3.8, 4) is 0 Å². The Labute approximate surface area is 111 Å². The monoisotopic (exact) mass is 288 g/mol. The summed E-state index contributed by atoms with van der Waals surface area (Å²) in [6.45, 7) is -1.24. The van der Waals surface area contributed by atoms with Crippen LogP contribution in [-0.4, -0.2) is 18.6 Å². The molecule has 3 rings (SSSR count). The lowest BCUT2D eigenvalue weighted by molar-refractivity contribution is -0.187. The minimum Gasteiger partial charge on any atom is -0.363 e. The van der Waals surface area contributed by atoms with Crippen molar-refractivity contribution >= 4 is 22.7 Å². The molecule has 2 aliphatic carbocycles. The van der Waals surface area contributed by atoms with Gasteiger partial charge in [-0.05, 0) is 41.0 Å². The minimum atomic E-state index is -4.32. The lowest BCUT2D eigenvalue weighted by atomic mass is 9.83. The molecule has 19 heavy (non-hydrogen) atoms. The second kappa shape index (κ2) is 4.45. The van der Waals surface area contributed by atoms with E-state index in [-0.39, 0.29) is 11.7 Å². The van der Waals surface area contributed by atoms with Crippen molar-refractivity contribution in [2.45, 2.75) is 25.1 Å². The maximum absolute atomic E-state index is 12.3. The van der Waals surface area contributed by atoms with Gasteiger partial charge in [-0.2, -0.15) is 13.2 Å². The van der Waals surface area contributed by atoms with E-state index in [0.29, 0.717) is 12.8 Å². The fraction of sp³-hybridized carbons (Fsp3) is 0.462. The van der Waals surface area contributed by atoms with Crippen molar-refractivity contribution < 1.29 is 22.7 Å². The van der Waals surface area contributed by atoms with Crippen LogP contribution in [0, 0.1) is 5.92 Å². The summed E-state index contributed by atoms with van der Waals surface area (Å²) >= 11 is 1.39. The first kappa shape index (κ1) is 12.9. The molecular formula is C13H11F3O2S. The standard InChI is InChI=1S/C13H11F3O2S/c14-13(15,16)6-18-11-4-7-3-8(17)5-10(7)9-1-2-19-12(9)11/h1-2,5,7,11H,3-4,6H2/t7-,11-/m1/s1. The zero-order valence-electron chi connectivity index (χ0n) is 9.87. The SMILES string of the molecule is O=C1C=C2c3ccsc3[C@H](OCC(F)(F)F)C[C@H]2C1. The number of carbonyl (C=O) groups is 1. The summed E-state index contributed by atoms with van der Waals surface area (Å²) in [5.41, 5.74) is 1.85. The predicted octanol–water partition coefficient (Wildman–Crippen LogP) is 3.74. The third-order valence-corrected chi connectivity index (χ3v) is 4.46. The predicted molar refractivity (Wildman–Crippen MR) is 64.8 cm³/mol. The first-order valence-electron chi connectivity index (χ1n) is 5.94. The Morgan fingerprint density at radius 3 is 2.95 bits per heavy atom. The molecule has 2 aliphatic rings. The number of fused-ring (bicyclic) bond motifs is 3. The van der Waals surface area contributed by atoms with E-state index in [9.17, 15) is 18.0 Å². The van der Waals surface area contributed by atoms with Crippen molar-refractivity contribution in [3.05, 3.63) is 28.0 Å². The molecule has 0 aromatic carbocycles. The second-order valence-electron chi connectivity index (χ2n) is 4.82. The van der Waals surface area contributed by atoms with Crippen molar-refractivity contribution in [3.63, 3.8) is 0 Å². The third kappa shape index (κ3) is 2.47. The number of halogens is 3. The summed E-state index contributed by atoms with van der Waals surface area (Å²) in [4.78, 5) is 12.3. The molecule has 0 radical (unpaired) electrons. The molecule has 102 valence electrons. The molecule has 0 spiro atoms. The fourth-order valence-corrected chi connectivity index (χ4v) is 3.70. The maximum Gasteiger partial charge on any atom is 0.411 e. The summed E-state index contributed by atoms with van der Waals surface area (Å²) in [6, 6.07) is 1.86. The molecule has 6 heteroatoms. The van der Waals surface area contributed by atoms with E-state index in [1.807, 2.05) is 11.4 Å². The average Bonchev–Trinajstić information content (AvgIpc) is 2.89. The Bertz CT molecular complexity index is 544. The molecule has 2 nitrogen and oxygen atoms in total. The molecule has 0 saturated carbocycles. The highest BCUT2D eigenvalue weighted by Gasteiger charge is 2.38. The smallest absolute Gasteiger partial charge is 0.363 e. The summed E-state index contributed by atoms with van der Waals surface area (Å²) in [7, 11) is 0. The summed E-state index contributed by atoms with van der Waals surface area (Å²) in [5, 5.41) is 1.83. The molecule has 1 aromatic heterocycles. The zero-order chi connectivity index (χ0) is 13.6. The van der Waals surface area contributed by atoms with E-state index in [1.165, 1.54) is 11.3 Å². The van der Waals surface area contributed by atoms with Gasteiger partial charge in [0.05, 0.1) is 6.10 Å². The van der Waals surface area contributed by atoms with Gasteiger partial charge >= 0.3 is 6.18 Å². The van der Waals surface area contributed by atoms with Gasteiger partial charge in [0, 0.05) is 11.3 Å². The number of thiophene rings is 1. The summed E-state index contributed by atoms with van der Waals surface area (Å²) in [6.07, 6.45) is -2.41. The normalized spacial score (nSPS) is 26.1. The molecule has 1 heterocycles. The zero-order valence-corrected chi connectivity index (χ0v) is 10.7. The molecule has 0 fully saturated rings. The van der Waals surface area contributed by atoms with E-state index < -0.39 is 18.9 Å². The van der Waals surface area contributed by atoms with Gasteiger partial charge in [0.2, 0.25) is 0 Å². The van der Waals surface area contributed by atoms with Crippen LogP contribution in [0.5, 0.6) is 0 Å². The Balaban J connectivity index is 1.85. The third-order valence-electron chi connectivity index (χ3n) is 3.45. The molecule has 0 aliphatic heterocycles. The Morgan fingerprint density at radius 2 is 2.21 bits per heavy atom. The molecule has 2 atom stereocenters. The largest absolute Gasteiger partial charge is 0.411 e. The molecule has 0 unspecified atom stereocenters. The number of carbonyl (C=O) groups excluding carboxylic acids is 1. The Hall–Kier alpha value is -1.14. The summed E-state index contributed by atoms with van der Waals surface area (Å²) in [5.74, 6) is 0.0569. The maximum atomic E-state index is 12.3. The van der Waals surface area contributed by atoms with E-state index in [1.54, 1.807) is 6.08 Å². The van der Waals surface area contributed by atoms with Crippen LogP contribution in [0.4, 0.5) is 13.2 Å². The van der Waals surface area contributed by atoms with Gasteiger partial charge in [-0.3, -0.25) is 4.79 Å². The quantitative estimate of drug-likeness (QED) is 0.828. The Morgan fingerprint density at radius 1 is 1.42 bits per heavy atom. The number of alkyl halides is 3. The average molecular weight is 288 g/mol. The van der Waals surface area contributed by atoms with Crippen LogP contribution in [0.2, 0.25) is 0 Å².